The molecule has 2 aromatic rings. The van der Waals surface area contributed by atoms with Crippen LogP contribution in [-0.4, -0.2) is 86.0 Å². The lowest BCUT2D eigenvalue weighted by Gasteiger charge is -2.35. The summed E-state index contributed by atoms with van der Waals surface area (Å²) in [5, 5.41) is 2.77. The zero-order valence-electron chi connectivity index (χ0n) is 19.3. The Balaban J connectivity index is 1.33. The molecule has 10 nitrogen and oxygen atoms in total. The van der Waals surface area contributed by atoms with Crippen LogP contribution in [0.2, 0.25) is 0 Å². The van der Waals surface area contributed by atoms with Gasteiger partial charge in [0, 0.05) is 44.5 Å². The molecule has 0 spiro atoms. The Labute approximate surface area is 199 Å². The van der Waals surface area contributed by atoms with Crippen LogP contribution >= 0.6 is 0 Å². The van der Waals surface area contributed by atoms with E-state index in [9.17, 15) is 18.0 Å². The second-order valence-corrected chi connectivity index (χ2v) is 10.6. The van der Waals surface area contributed by atoms with Crippen molar-refractivity contribution < 1.29 is 27.5 Å². The number of amides is 2. The van der Waals surface area contributed by atoms with Crippen molar-refractivity contribution in [1.82, 2.24) is 19.5 Å². The number of nitrogens with zero attached hydrogens (tertiary/aromatic N) is 2. The van der Waals surface area contributed by atoms with Crippen molar-refractivity contribution in [1.29, 1.82) is 0 Å². The van der Waals surface area contributed by atoms with Gasteiger partial charge >= 0.3 is 0 Å². The summed E-state index contributed by atoms with van der Waals surface area (Å²) in [6.07, 6.45) is 1.33. The zero-order chi connectivity index (χ0) is 24.3. The van der Waals surface area contributed by atoms with Crippen molar-refractivity contribution in [3.63, 3.8) is 0 Å². The van der Waals surface area contributed by atoms with Crippen LogP contribution in [-0.2, 0) is 26.0 Å². The first-order valence-electron chi connectivity index (χ1n) is 11.3. The average Bonchev–Trinajstić information content (AvgIpc) is 3.34. The molecule has 4 rings (SSSR count). The molecule has 2 aliphatic heterocycles. The number of benzene rings is 1. The highest BCUT2D eigenvalue weighted by Gasteiger charge is 2.28. The quantitative estimate of drug-likeness (QED) is 0.628. The van der Waals surface area contributed by atoms with Gasteiger partial charge in [0.15, 0.2) is 0 Å². The maximum atomic E-state index is 12.8. The van der Waals surface area contributed by atoms with Crippen LogP contribution in [0.15, 0.2) is 41.4 Å². The van der Waals surface area contributed by atoms with Crippen LogP contribution < -0.4 is 5.32 Å². The Hall–Kier alpha value is -2.73. The summed E-state index contributed by atoms with van der Waals surface area (Å²) in [6, 6.07) is 8.42. The molecule has 2 fully saturated rings. The molecule has 2 amide bonds. The summed E-state index contributed by atoms with van der Waals surface area (Å²) >= 11 is 0. The number of morpholine rings is 2. The van der Waals surface area contributed by atoms with Gasteiger partial charge in [-0.25, -0.2) is 8.42 Å². The highest BCUT2D eigenvalue weighted by Crippen LogP contribution is 2.18. The van der Waals surface area contributed by atoms with Gasteiger partial charge in [0.25, 0.3) is 11.8 Å². The number of carbonyl (C=O) groups is 2. The van der Waals surface area contributed by atoms with Crippen LogP contribution in [0.4, 0.5) is 0 Å². The molecule has 2 aliphatic rings. The average molecular weight is 491 g/mol. The second-order valence-electron chi connectivity index (χ2n) is 8.61. The standard InChI is InChI=1S/C23H30N4O6S/c1-16-14-26(15-17(2)33-16)23(29)19-5-3-18(4-6-19)12-25-22(28)21-11-20(13-24-21)34(30,31)27-7-9-32-10-8-27/h3-6,11,13,16-17,24H,7-10,12,14-15H2,1-2H3,(H,25,28). The van der Waals surface area contributed by atoms with Crippen LogP contribution in [0, 0.1) is 0 Å². The Morgan fingerprint density at radius 1 is 1.09 bits per heavy atom. The van der Waals surface area contributed by atoms with E-state index in [4.69, 9.17) is 9.47 Å². The van der Waals surface area contributed by atoms with E-state index in [1.54, 1.807) is 29.2 Å². The molecule has 184 valence electrons. The Morgan fingerprint density at radius 3 is 2.38 bits per heavy atom. The van der Waals surface area contributed by atoms with Crippen molar-refractivity contribution in [3.8, 4) is 0 Å². The molecular weight excluding hydrogens is 460 g/mol. The summed E-state index contributed by atoms with van der Waals surface area (Å²) in [6.45, 7) is 6.54. The molecule has 0 radical (unpaired) electrons. The topological polar surface area (TPSA) is 121 Å². The fourth-order valence-electron chi connectivity index (χ4n) is 4.16. The highest BCUT2D eigenvalue weighted by atomic mass is 32.2. The van der Waals surface area contributed by atoms with Gasteiger partial charge in [0.2, 0.25) is 10.0 Å². The molecule has 1 aromatic carbocycles. The van der Waals surface area contributed by atoms with Crippen molar-refractivity contribution in [2.45, 2.75) is 37.5 Å². The minimum absolute atomic E-state index is 0.000417. The van der Waals surface area contributed by atoms with E-state index < -0.39 is 15.9 Å². The Morgan fingerprint density at radius 2 is 1.74 bits per heavy atom. The summed E-state index contributed by atoms with van der Waals surface area (Å²) in [5.41, 5.74) is 1.56. The zero-order valence-corrected chi connectivity index (χ0v) is 20.1. The van der Waals surface area contributed by atoms with Crippen molar-refractivity contribution in [2.75, 3.05) is 39.4 Å². The van der Waals surface area contributed by atoms with Crippen LogP contribution in [0.5, 0.6) is 0 Å². The molecule has 0 bridgehead atoms. The number of rotatable bonds is 6. The first kappa shape index (κ1) is 24.4. The predicted octanol–water partition coefficient (Wildman–Crippen LogP) is 1.22. The fraction of sp³-hybridized carbons (Fsp3) is 0.478. The van der Waals surface area contributed by atoms with Gasteiger partial charge in [-0.3, -0.25) is 9.59 Å². The summed E-state index contributed by atoms with van der Waals surface area (Å²) in [4.78, 5) is 29.9. The summed E-state index contributed by atoms with van der Waals surface area (Å²) < 4.78 is 37.7. The monoisotopic (exact) mass is 490 g/mol. The second kappa shape index (κ2) is 10.3. The summed E-state index contributed by atoms with van der Waals surface area (Å²) in [5.74, 6) is -0.460. The van der Waals surface area contributed by atoms with E-state index in [0.717, 1.165) is 5.56 Å². The van der Waals surface area contributed by atoms with Gasteiger partial charge in [0.05, 0.1) is 25.4 Å². The maximum Gasteiger partial charge on any atom is 0.268 e. The molecule has 0 aliphatic carbocycles. The normalized spacial score (nSPS) is 21.9. The number of H-pyrrole nitrogens is 1. The lowest BCUT2D eigenvalue weighted by atomic mass is 10.1. The molecule has 2 saturated heterocycles. The van der Waals surface area contributed by atoms with E-state index in [-0.39, 0.29) is 48.3 Å². The van der Waals surface area contributed by atoms with Crippen LogP contribution in [0.1, 0.15) is 40.3 Å². The third kappa shape index (κ3) is 5.49. The molecule has 3 heterocycles. The minimum atomic E-state index is -3.67. The fourth-order valence-corrected chi connectivity index (χ4v) is 5.56. The molecule has 2 N–H and O–H groups in total. The number of hydrogen-bond donors (Lipinski definition) is 2. The number of carbonyl (C=O) groups excluding carboxylic acids is 2. The van der Waals surface area contributed by atoms with E-state index >= 15 is 0 Å². The third-order valence-electron chi connectivity index (χ3n) is 5.87. The predicted molar refractivity (Wildman–Crippen MR) is 124 cm³/mol. The van der Waals surface area contributed by atoms with Gasteiger partial charge in [-0.2, -0.15) is 4.31 Å². The number of nitrogens with one attached hydrogen (secondary N) is 2. The van der Waals surface area contributed by atoms with Gasteiger partial charge in [-0.05, 0) is 37.6 Å². The lowest BCUT2D eigenvalue weighted by molar-refractivity contribution is -0.0586. The smallest absolute Gasteiger partial charge is 0.268 e. The van der Waals surface area contributed by atoms with E-state index in [0.29, 0.717) is 31.9 Å². The lowest BCUT2D eigenvalue weighted by Crippen LogP contribution is -2.48. The van der Waals surface area contributed by atoms with Gasteiger partial charge in [-0.15, -0.1) is 0 Å². The molecule has 34 heavy (non-hydrogen) atoms. The first-order chi connectivity index (χ1) is 16.2. The number of sulfonamides is 1. The van der Waals surface area contributed by atoms with E-state index in [1.807, 2.05) is 13.8 Å². The number of aromatic amines is 1. The molecule has 11 heteroatoms. The first-order valence-corrected chi connectivity index (χ1v) is 12.8. The molecule has 2 unspecified atom stereocenters. The molecule has 0 saturated carbocycles. The van der Waals surface area contributed by atoms with E-state index in [1.165, 1.54) is 16.6 Å². The third-order valence-corrected chi connectivity index (χ3v) is 7.75. The largest absolute Gasteiger partial charge is 0.379 e. The molecular formula is C23H30N4O6S. The van der Waals surface area contributed by atoms with Crippen molar-refractivity contribution in [3.05, 3.63) is 53.3 Å². The van der Waals surface area contributed by atoms with Crippen molar-refractivity contribution >= 4 is 21.8 Å². The Kier molecular flexibility index (Phi) is 7.36. The maximum absolute atomic E-state index is 12.8. The molecule has 2 atom stereocenters. The highest BCUT2D eigenvalue weighted by molar-refractivity contribution is 7.89. The molecule has 1 aromatic heterocycles. The number of aromatic nitrogens is 1. The summed E-state index contributed by atoms with van der Waals surface area (Å²) in [7, 11) is -3.67. The Bertz CT molecular complexity index is 1110. The SMILES string of the molecule is CC1CN(C(=O)c2ccc(CNC(=O)c3cc(S(=O)(=O)N4CCOCC4)c[nH]3)cc2)CC(C)O1. The van der Waals surface area contributed by atoms with Crippen LogP contribution in [0.25, 0.3) is 0 Å². The number of ether oxygens (including phenoxy) is 2. The van der Waals surface area contributed by atoms with Crippen LogP contribution in [0.3, 0.4) is 0 Å². The van der Waals surface area contributed by atoms with E-state index in [2.05, 4.69) is 10.3 Å². The van der Waals surface area contributed by atoms with Gasteiger partial charge < -0.3 is 24.7 Å². The van der Waals surface area contributed by atoms with Crippen molar-refractivity contribution in [2.24, 2.45) is 0 Å². The van der Waals surface area contributed by atoms with Gasteiger partial charge in [0.1, 0.15) is 10.6 Å². The minimum Gasteiger partial charge on any atom is -0.379 e. The number of hydrogen-bond acceptors (Lipinski definition) is 6. The van der Waals surface area contributed by atoms with Gasteiger partial charge in [-0.1, -0.05) is 12.1 Å².